The van der Waals surface area contributed by atoms with E-state index < -0.39 is 34.9 Å². The Balaban J connectivity index is 1.93. The Morgan fingerprint density at radius 2 is 1.79 bits per heavy atom. The third-order valence-electron chi connectivity index (χ3n) is 3.78. The van der Waals surface area contributed by atoms with Crippen molar-refractivity contribution in [1.82, 2.24) is 4.98 Å². The SMILES string of the molecule is COC(=O)Cc1sc(NC(=O)c2ccc(F)c(F)c2F)nc1-c1ccccc1. The maximum Gasteiger partial charge on any atom is 0.310 e. The van der Waals surface area contributed by atoms with Crippen molar-refractivity contribution in [3.05, 3.63) is 70.4 Å². The molecule has 3 rings (SSSR count). The van der Waals surface area contributed by atoms with Crippen LogP contribution in [0, 0.1) is 17.5 Å². The van der Waals surface area contributed by atoms with Gasteiger partial charge in [-0.25, -0.2) is 18.2 Å². The summed E-state index contributed by atoms with van der Waals surface area (Å²) < 4.78 is 44.9. The summed E-state index contributed by atoms with van der Waals surface area (Å²) in [6, 6.07) is 10.4. The zero-order valence-corrected chi connectivity index (χ0v) is 15.3. The molecule has 0 unspecified atom stereocenters. The minimum Gasteiger partial charge on any atom is -0.469 e. The summed E-state index contributed by atoms with van der Waals surface area (Å²) in [5, 5.41) is 2.43. The van der Waals surface area contributed by atoms with Gasteiger partial charge in [0.25, 0.3) is 5.91 Å². The summed E-state index contributed by atoms with van der Waals surface area (Å²) in [5.74, 6) is -6.20. The number of nitrogens with one attached hydrogen (secondary N) is 1. The van der Waals surface area contributed by atoms with E-state index in [1.54, 1.807) is 24.3 Å². The number of thiazole rings is 1. The lowest BCUT2D eigenvalue weighted by Crippen LogP contribution is -2.15. The van der Waals surface area contributed by atoms with E-state index in [0.717, 1.165) is 17.4 Å². The average molecular weight is 406 g/mol. The smallest absolute Gasteiger partial charge is 0.310 e. The molecule has 3 aromatic rings. The van der Waals surface area contributed by atoms with Gasteiger partial charge >= 0.3 is 5.97 Å². The van der Waals surface area contributed by atoms with E-state index in [4.69, 9.17) is 0 Å². The molecule has 2 aromatic carbocycles. The van der Waals surface area contributed by atoms with Crippen LogP contribution in [0.4, 0.5) is 18.3 Å². The number of hydrogen-bond acceptors (Lipinski definition) is 5. The Hall–Kier alpha value is -3.20. The number of carbonyl (C=O) groups is 2. The molecule has 28 heavy (non-hydrogen) atoms. The number of anilines is 1. The number of methoxy groups -OCH3 is 1. The number of benzene rings is 2. The van der Waals surface area contributed by atoms with Crippen LogP contribution in [0.3, 0.4) is 0 Å². The largest absolute Gasteiger partial charge is 0.469 e. The van der Waals surface area contributed by atoms with Crippen LogP contribution in [0.2, 0.25) is 0 Å². The number of ether oxygens (including phenoxy) is 1. The van der Waals surface area contributed by atoms with Crippen LogP contribution in [0.25, 0.3) is 11.3 Å². The van der Waals surface area contributed by atoms with Gasteiger partial charge in [0.2, 0.25) is 0 Å². The van der Waals surface area contributed by atoms with Crippen molar-refractivity contribution in [2.45, 2.75) is 6.42 Å². The minimum atomic E-state index is -1.73. The van der Waals surface area contributed by atoms with Gasteiger partial charge < -0.3 is 4.74 Å². The van der Waals surface area contributed by atoms with Crippen LogP contribution >= 0.6 is 11.3 Å². The second-order valence-corrected chi connectivity index (χ2v) is 6.67. The molecule has 144 valence electrons. The van der Waals surface area contributed by atoms with Crippen LogP contribution in [-0.2, 0) is 16.0 Å². The molecule has 1 amide bonds. The highest BCUT2D eigenvalue weighted by Gasteiger charge is 2.22. The standard InChI is InChI=1S/C19H13F3N2O3S/c1-27-14(25)9-13-17(10-5-3-2-4-6-10)23-19(28-13)24-18(26)11-7-8-12(20)16(22)15(11)21/h2-8H,9H2,1H3,(H,23,24,26). The molecule has 1 N–H and O–H groups in total. The molecule has 0 aliphatic heterocycles. The molecule has 0 aliphatic rings. The van der Waals surface area contributed by atoms with Crippen LogP contribution in [-0.4, -0.2) is 24.0 Å². The normalized spacial score (nSPS) is 10.6. The number of amides is 1. The van der Waals surface area contributed by atoms with E-state index in [2.05, 4.69) is 15.0 Å². The summed E-state index contributed by atoms with van der Waals surface area (Å²) in [5.41, 5.74) is 0.499. The predicted octanol–water partition coefficient (Wildman–Crippen LogP) is 4.20. The van der Waals surface area contributed by atoms with E-state index in [1.165, 1.54) is 7.11 Å². The summed E-state index contributed by atoms with van der Waals surface area (Å²) in [4.78, 5) is 28.8. The first kappa shape index (κ1) is 19.6. The van der Waals surface area contributed by atoms with Crippen molar-refractivity contribution < 1.29 is 27.5 Å². The summed E-state index contributed by atoms with van der Waals surface area (Å²) >= 11 is 1.00. The number of aromatic nitrogens is 1. The number of esters is 1. The average Bonchev–Trinajstić information content (AvgIpc) is 3.08. The van der Waals surface area contributed by atoms with Crippen LogP contribution < -0.4 is 5.32 Å². The summed E-state index contributed by atoms with van der Waals surface area (Å²) in [7, 11) is 1.25. The van der Waals surface area contributed by atoms with Gasteiger partial charge in [-0.1, -0.05) is 30.3 Å². The molecule has 0 bridgehead atoms. The lowest BCUT2D eigenvalue weighted by atomic mass is 10.1. The maximum atomic E-state index is 13.8. The molecular formula is C19H13F3N2O3S. The molecule has 5 nitrogen and oxygen atoms in total. The van der Waals surface area contributed by atoms with Crippen LogP contribution in [0.1, 0.15) is 15.2 Å². The molecular weight excluding hydrogens is 393 g/mol. The minimum absolute atomic E-state index is 0.0756. The second-order valence-electron chi connectivity index (χ2n) is 5.59. The molecule has 0 fully saturated rings. The Kier molecular flexibility index (Phi) is 5.74. The van der Waals surface area contributed by atoms with Gasteiger partial charge in [0.15, 0.2) is 22.6 Å². The fourth-order valence-electron chi connectivity index (χ4n) is 2.42. The molecule has 0 radical (unpaired) electrons. The highest BCUT2D eigenvalue weighted by Crippen LogP contribution is 2.32. The van der Waals surface area contributed by atoms with Gasteiger partial charge in [-0.15, -0.1) is 11.3 Å². The maximum absolute atomic E-state index is 13.8. The van der Waals surface area contributed by atoms with Crippen molar-refractivity contribution >= 4 is 28.3 Å². The molecule has 0 saturated carbocycles. The molecule has 0 atom stereocenters. The lowest BCUT2D eigenvalue weighted by molar-refractivity contribution is -0.139. The second kappa shape index (κ2) is 8.22. The first-order chi connectivity index (χ1) is 13.4. The highest BCUT2D eigenvalue weighted by molar-refractivity contribution is 7.16. The van der Waals surface area contributed by atoms with E-state index in [1.807, 2.05) is 6.07 Å². The first-order valence-corrected chi connectivity index (χ1v) is 8.79. The summed E-state index contributed by atoms with van der Waals surface area (Å²) in [6.07, 6.45) is -0.0756. The first-order valence-electron chi connectivity index (χ1n) is 7.97. The number of rotatable bonds is 5. The van der Waals surface area contributed by atoms with Crippen molar-refractivity contribution in [2.75, 3.05) is 12.4 Å². The molecule has 0 spiro atoms. The molecule has 0 saturated heterocycles. The molecule has 9 heteroatoms. The Bertz CT molecular complexity index is 1040. The fourth-order valence-corrected chi connectivity index (χ4v) is 3.38. The molecule has 1 aromatic heterocycles. The zero-order chi connectivity index (χ0) is 20.3. The fraction of sp³-hybridized carbons (Fsp3) is 0.105. The third kappa shape index (κ3) is 4.04. The van der Waals surface area contributed by atoms with Crippen LogP contribution in [0.5, 0.6) is 0 Å². The van der Waals surface area contributed by atoms with Crippen molar-refractivity contribution in [1.29, 1.82) is 0 Å². The Morgan fingerprint density at radius 3 is 2.46 bits per heavy atom. The van der Waals surface area contributed by atoms with Gasteiger partial charge in [0, 0.05) is 10.4 Å². The Morgan fingerprint density at radius 1 is 1.07 bits per heavy atom. The monoisotopic (exact) mass is 406 g/mol. The van der Waals surface area contributed by atoms with Crippen LogP contribution in [0.15, 0.2) is 42.5 Å². The highest BCUT2D eigenvalue weighted by atomic mass is 32.1. The number of nitrogens with zero attached hydrogens (tertiary/aromatic N) is 1. The number of halogens is 3. The van der Waals surface area contributed by atoms with Gasteiger partial charge in [-0.2, -0.15) is 0 Å². The summed E-state index contributed by atoms with van der Waals surface area (Å²) in [6.45, 7) is 0. The Labute approximate surface area is 161 Å². The van der Waals surface area contributed by atoms with Gasteiger partial charge in [-0.3, -0.25) is 14.9 Å². The molecule has 1 heterocycles. The van der Waals surface area contributed by atoms with Crippen molar-refractivity contribution in [2.24, 2.45) is 0 Å². The van der Waals surface area contributed by atoms with E-state index >= 15 is 0 Å². The lowest BCUT2D eigenvalue weighted by Gasteiger charge is -2.04. The van der Waals surface area contributed by atoms with E-state index in [9.17, 15) is 22.8 Å². The van der Waals surface area contributed by atoms with E-state index in [0.29, 0.717) is 22.2 Å². The van der Waals surface area contributed by atoms with Gasteiger partial charge in [-0.05, 0) is 12.1 Å². The van der Waals surface area contributed by atoms with Gasteiger partial charge in [0.1, 0.15) is 0 Å². The topological polar surface area (TPSA) is 68.3 Å². The number of hydrogen-bond donors (Lipinski definition) is 1. The van der Waals surface area contributed by atoms with Gasteiger partial charge in [0.05, 0.1) is 24.8 Å². The van der Waals surface area contributed by atoms with Crippen molar-refractivity contribution in [3.8, 4) is 11.3 Å². The molecule has 0 aliphatic carbocycles. The number of carbonyl (C=O) groups excluding carboxylic acids is 2. The van der Waals surface area contributed by atoms with Crippen molar-refractivity contribution in [3.63, 3.8) is 0 Å². The quantitative estimate of drug-likeness (QED) is 0.510. The zero-order valence-electron chi connectivity index (χ0n) is 14.5. The third-order valence-corrected chi connectivity index (χ3v) is 4.75. The van der Waals surface area contributed by atoms with E-state index in [-0.39, 0.29) is 11.6 Å². The predicted molar refractivity (Wildman–Crippen MR) is 97.5 cm³/mol.